The zero-order chi connectivity index (χ0) is 16.6. The summed E-state index contributed by atoms with van der Waals surface area (Å²) in [5, 5.41) is 8.83. The minimum Gasteiger partial charge on any atom is -0.481 e. The van der Waals surface area contributed by atoms with Gasteiger partial charge in [-0.2, -0.15) is 26.3 Å². The van der Waals surface area contributed by atoms with Crippen molar-refractivity contribution in [2.45, 2.75) is 32.1 Å². The van der Waals surface area contributed by atoms with Crippen molar-refractivity contribution in [3.63, 3.8) is 0 Å². The number of hydrogen-bond acceptors (Lipinski definition) is 1. The molecule has 0 aromatic heterocycles. The molecule has 118 valence electrons. The lowest BCUT2D eigenvalue weighted by Crippen LogP contribution is -2.19. The number of carboxylic acids is 1. The van der Waals surface area contributed by atoms with Crippen LogP contribution in [0.1, 0.15) is 36.5 Å². The van der Waals surface area contributed by atoms with Gasteiger partial charge >= 0.3 is 18.3 Å². The van der Waals surface area contributed by atoms with Gasteiger partial charge in [-0.05, 0) is 29.7 Å². The SMILES string of the molecule is CC(C(=O)O)C(C)c1cc(C(F)(F)F)cc(C(F)(F)F)c1. The van der Waals surface area contributed by atoms with Crippen LogP contribution in [0.2, 0.25) is 0 Å². The van der Waals surface area contributed by atoms with Crippen molar-refractivity contribution in [2.75, 3.05) is 0 Å². The van der Waals surface area contributed by atoms with Crippen LogP contribution >= 0.6 is 0 Å². The molecule has 2 atom stereocenters. The first-order valence-electron chi connectivity index (χ1n) is 5.86. The first-order valence-corrected chi connectivity index (χ1v) is 5.86. The Morgan fingerprint density at radius 1 is 0.952 bits per heavy atom. The van der Waals surface area contributed by atoms with Crippen LogP contribution in [0.5, 0.6) is 0 Å². The Morgan fingerprint density at radius 2 is 1.33 bits per heavy atom. The molecule has 2 nitrogen and oxygen atoms in total. The van der Waals surface area contributed by atoms with E-state index >= 15 is 0 Å². The Hall–Kier alpha value is -1.73. The standard InChI is InChI=1S/C13H12F6O2/c1-6(7(2)11(20)21)8-3-9(12(14,15)16)5-10(4-8)13(17,18)19/h3-7H,1-2H3,(H,20,21). The third-order valence-electron chi connectivity index (χ3n) is 3.28. The molecule has 0 heterocycles. The zero-order valence-corrected chi connectivity index (χ0v) is 11.0. The van der Waals surface area contributed by atoms with Crippen LogP contribution in [0.25, 0.3) is 0 Å². The Morgan fingerprint density at radius 3 is 1.62 bits per heavy atom. The second kappa shape index (κ2) is 5.57. The molecule has 21 heavy (non-hydrogen) atoms. The molecule has 8 heteroatoms. The summed E-state index contributed by atoms with van der Waals surface area (Å²) >= 11 is 0. The maximum absolute atomic E-state index is 12.7. The monoisotopic (exact) mass is 314 g/mol. The number of benzene rings is 1. The molecule has 2 unspecified atom stereocenters. The molecule has 1 rings (SSSR count). The summed E-state index contributed by atoms with van der Waals surface area (Å²) in [5.41, 5.74) is -3.21. The molecule has 0 aliphatic carbocycles. The predicted octanol–water partition coefficient (Wildman–Crippen LogP) is 4.55. The largest absolute Gasteiger partial charge is 0.481 e. The van der Waals surface area contributed by atoms with E-state index in [1.54, 1.807) is 0 Å². The fourth-order valence-corrected chi connectivity index (χ4v) is 1.74. The number of alkyl halides is 6. The lowest BCUT2D eigenvalue weighted by Gasteiger charge is -2.20. The van der Waals surface area contributed by atoms with Crippen molar-refractivity contribution in [1.82, 2.24) is 0 Å². The van der Waals surface area contributed by atoms with Crippen LogP contribution < -0.4 is 0 Å². The second-order valence-electron chi connectivity index (χ2n) is 4.75. The van der Waals surface area contributed by atoms with Gasteiger partial charge in [0.1, 0.15) is 0 Å². The Bertz CT molecular complexity index is 500. The summed E-state index contributed by atoms with van der Waals surface area (Å²) in [5.74, 6) is -3.41. The molecule has 0 fully saturated rings. The number of hydrogen-bond donors (Lipinski definition) is 1. The predicted molar refractivity (Wildman–Crippen MR) is 61.7 cm³/mol. The van der Waals surface area contributed by atoms with E-state index in [4.69, 9.17) is 5.11 Å². The maximum atomic E-state index is 12.7. The minimum atomic E-state index is -4.94. The zero-order valence-electron chi connectivity index (χ0n) is 11.0. The van der Waals surface area contributed by atoms with E-state index < -0.39 is 41.3 Å². The van der Waals surface area contributed by atoms with Crippen LogP contribution in [0.15, 0.2) is 18.2 Å². The number of rotatable bonds is 3. The van der Waals surface area contributed by atoms with E-state index in [0.29, 0.717) is 12.1 Å². The molecule has 0 aliphatic heterocycles. The van der Waals surface area contributed by atoms with Crippen molar-refractivity contribution in [2.24, 2.45) is 5.92 Å². The second-order valence-corrected chi connectivity index (χ2v) is 4.75. The van der Waals surface area contributed by atoms with E-state index in [0.717, 1.165) is 0 Å². The number of carboxylic acid groups (broad SMARTS) is 1. The maximum Gasteiger partial charge on any atom is 0.416 e. The van der Waals surface area contributed by atoms with E-state index in [2.05, 4.69) is 0 Å². The number of carbonyl (C=O) groups is 1. The number of halogens is 6. The van der Waals surface area contributed by atoms with Gasteiger partial charge < -0.3 is 5.11 Å². The molecule has 1 aromatic rings. The fraction of sp³-hybridized carbons (Fsp3) is 0.462. The van der Waals surface area contributed by atoms with E-state index in [9.17, 15) is 31.1 Å². The molecular weight excluding hydrogens is 302 g/mol. The van der Waals surface area contributed by atoms with Crippen molar-refractivity contribution in [3.05, 3.63) is 34.9 Å². The summed E-state index contributed by atoms with van der Waals surface area (Å²) in [4.78, 5) is 10.8. The summed E-state index contributed by atoms with van der Waals surface area (Å²) in [6.45, 7) is 2.49. The molecule has 0 radical (unpaired) electrons. The Balaban J connectivity index is 3.42. The molecule has 1 N–H and O–H groups in total. The van der Waals surface area contributed by atoms with Gasteiger partial charge in [0.05, 0.1) is 17.0 Å². The van der Waals surface area contributed by atoms with Crippen molar-refractivity contribution >= 4 is 5.97 Å². The quantitative estimate of drug-likeness (QED) is 0.831. The topological polar surface area (TPSA) is 37.3 Å². The molecule has 1 aromatic carbocycles. The molecule has 0 spiro atoms. The van der Waals surface area contributed by atoms with Crippen molar-refractivity contribution in [1.29, 1.82) is 0 Å². The van der Waals surface area contributed by atoms with Crippen LogP contribution in [0.3, 0.4) is 0 Å². The highest BCUT2D eigenvalue weighted by Crippen LogP contribution is 2.38. The summed E-state index contributed by atoms with van der Waals surface area (Å²) in [6.07, 6.45) is -9.88. The lowest BCUT2D eigenvalue weighted by atomic mass is 9.87. The summed E-state index contributed by atoms with van der Waals surface area (Å²) in [6, 6.07) is 1.13. The Labute approximate surface area is 116 Å². The smallest absolute Gasteiger partial charge is 0.416 e. The third-order valence-corrected chi connectivity index (χ3v) is 3.28. The molecule has 0 aliphatic rings. The van der Waals surface area contributed by atoms with E-state index in [1.807, 2.05) is 0 Å². The Kier molecular flexibility index (Phi) is 4.60. The average Bonchev–Trinajstić information content (AvgIpc) is 2.34. The number of aliphatic carboxylic acids is 1. The summed E-state index contributed by atoms with van der Waals surface area (Å²) < 4.78 is 76.1. The highest BCUT2D eigenvalue weighted by atomic mass is 19.4. The minimum absolute atomic E-state index is 0.0155. The first-order chi connectivity index (χ1) is 9.34. The van der Waals surface area contributed by atoms with Crippen LogP contribution in [-0.4, -0.2) is 11.1 Å². The molecule has 0 bridgehead atoms. The van der Waals surface area contributed by atoms with Crippen LogP contribution in [0.4, 0.5) is 26.3 Å². The van der Waals surface area contributed by atoms with Crippen molar-refractivity contribution < 1.29 is 36.2 Å². The average molecular weight is 314 g/mol. The molecule has 0 saturated carbocycles. The highest BCUT2D eigenvalue weighted by molar-refractivity contribution is 5.70. The van der Waals surface area contributed by atoms with Gasteiger partial charge in [-0.25, -0.2) is 0 Å². The molecular formula is C13H12F6O2. The first kappa shape index (κ1) is 17.3. The third kappa shape index (κ3) is 4.12. The van der Waals surface area contributed by atoms with Gasteiger partial charge in [-0.15, -0.1) is 0 Å². The van der Waals surface area contributed by atoms with Crippen LogP contribution in [0, 0.1) is 5.92 Å². The molecule has 0 saturated heterocycles. The molecule has 0 amide bonds. The van der Waals surface area contributed by atoms with Gasteiger partial charge in [-0.3, -0.25) is 4.79 Å². The summed E-state index contributed by atoms with van der Waals surface area (Å²) in [7, 11) is 0. The van der Waals surface area contributed by atoms with Crippen LogP contribution in [-0.2, 0) is 17.1 Å². The van der Waals surface area contributed by atoms with E-state index in [-0.39, 0.29) is 11.6 Å². The van der Waals surface area contributed by atoms with Gasteiger partial charge in [0.15, 0.2) is 0 Å². The van der Waals surface area contributed by atoms with Gasteiger partial charge in [0.2, 0.25) is 0 Å². The van der Waals surface area contributed by atoms with E-state index in [1.165, 1.54) is 13.8 Å². The normalized spacial score (nSPS) is 15.6. The van der Waals surface area contributed by atoms with Gasteiger partial charge in [0, 0.05) is 0 Å². The van der Waals surface area contributed by atoms with Crippen molar-refractivity contribution in [3.8, 4) is 0 Å². The highest BCUT2D eigenvalue weighted by Gasteiger charge is 2.37. The lowest BCUT2D eigenvalue weighted by molar-refractivity contribution is -0.143. The van der Waals surface area contributed by atoms with Gasteiger partial charge in [-0.1, -0.05) is 13.8 Å². The van der Waals surface area contributed by atoms with Gasteiger partial charge in [0.25, 0.3) is 0 Å². The fourth-order valence-electron chi connectivity index (χ4n) is 1.74.